The lowest BCUT2D eigenvalue weighted by Gasteiger charge is -2.35. The van der Waals surface area contributed by atoms with Crippen molar-refractivity contribution in [2.45, 2.75) is 12.1 Å². The molecule has 2 fully saturated rings. The summed E-state index contributed by atoms with van der Waals surface area (Å²) in [5, 5.41) is 0.429. The summed E-state index contributed by atoms with van der Waals surface area (Å²) in [5.74, 6) is -1.78. The Balaban J connectivity index is 1.48. The Labute approximate surface area is 207 Å². The van der Waals surface area contributed by atoms with Gasteiger partial charge < -0.3 is 9.64 Å². The Morgan fingerprint density at radius 2 is 1.66 bits per heavy atom. The zero-order chi connectivity index (χ0) is 24.3. The highest BCUT2D eigenvalue weighted by Crippen LogP contribution is 2.53. The summed E-state index contributed by atoms with van der Waals surface area (Å²) in [6, 6.07) is 20.1. The first-order valence-electron chi connectivity index (χ1n) is 11.4. The number of hydrogen-bond donors (Lipinski definition) is 0. The van der Waals surface area contributed by atoms with Gasteiger partial charge in [-0.2, -0.15) is 0 Å². The predicted octanol–water partition coefficient (Wildman–Crippen LogP) is 4.75. The number of benzene rings is 3. The summed E-state index contributed by atoms with van der Waals surface area (Å²) in [4.78, 5) is 44.7. The van der Waals surface area contributed by atoms with E-state index in [1.54, 1.807) is 55.6 Å². The van der Waals surface area contributed by atoms with Gasteiger partial charge in [-0.25, -0.2) is 4.90 Å². The molecular formula is C28H21ClN2O4. The summed E-state index contributed by atoms with van der Waals surface area (Å²) in [6.45, 7) is 0. The number of carbonyl (C=O) groups is 3. The first-order valence-corrected chi connectivity index (χ1v) is 11.7. The molecule has 4 atom stereocenters. The highest BCUT2D eigenvalue weighted by atomic mass is 35.5. The molecule has 3 heterocycles. The van der Waals surface area contributed by atoms with Gasteiger partial charge >= 0.3 is 0 Å². The Bertz CT molecular complexity index is 1400. The molecule has 0 spiro atoms. The van der Waals surface area contributed by atoms with Crippen molar-refractivity contribution in [2.75, 3.05) is 12.0 Å². The van der Waals surface area contributed by atoms with Crippen LogP contribution in [0.15, 0.2) is 79.0 Å². The van der Waals surface area contributed by atoms with Crippen LogP contribution in [0.1, 0.15) is 27.5 Å². The third-order valence-electron chi connectivity index (χ3n) is 7.17. The number of rotatable bonds is 4. The molecule has 6 nitrogen and oxygen atoms in total. The number of hydrogen-bond acceptors (Lipinski definition) is 5. The van der Waals surface area contributed by atoms with Crippen LogP contribution in [0.25, 0.3) is 6.08 Å². The van der Waals surface area contributed by atoms with Crippen LogP contribution in [0, 0.1) is 11.8 Å². The Morgan fingerprint density at radius 1 is 0.914 bits per heavy atom. The smallest absolute Gasteiger partial charge is 0.240 e. The zero-order valence-corrected chi connectivity index (χ0v) is 19.6. The average molecular weight is 485 g/mol. The number of Topliss-reactive ketones (excluding diaryl/α,β-unsaturated/α-hetero) is 1. The second-order valence-electron chi connectivity index (χ2n) is 8.92. The van der Waals surface area contributed by atoms with Gasteiger partial charge in [0.15, 0.2) is 5.78 Å². The van der Waals surface area contributed by atoms with Gasteiger partial charge in [0, 0.05) is 16.8 Å². The SMILES string of the molecule is COc1ccc(C(=O)[C@@H]2[C@@H]3C(=O)N(c4cccc(Cl)c4)C(=O)[C@@H]3[C@H]3c4ccccc4C=CN23)cc1. The normalized spacial score (nSPS) is 24.3. The third-order valence-corrected chi connectivity index (χ3v) is 7.41. The van der Waals surface area contributed by atoms with Crippen LogP contribution in [0.4, 0.5) is 5.69 Å². The summed E-state index contributed by atoms with van der Waals surface area (Å²) >= 11 is 6.17. The monoisotopic (exact) mass is 484 g/mol. The number of amides is 2. The molecule has 3 aliphatic heterocycles. The maximum Gasteiger partial charge on any atom is 0.240 e. The van der Waals surface area contributed by atoms with E-state index < -0.39 is 23.9 Å². The molecule has 0 aromatic heterocycles. The number of halogens is 1. The van der Waals surface area contributed by atoms with Crippen LogP contribution in [-0.2, 0) is 9.59 Å². The van der Waals surface area contributed by atoms with E-state index >= 15 is 0 Å². The van der Waals surface area contributed by atoms with Crippen molar-refractivity contribution < 1.29 is 19.1 Å². The molecule has 35 heavy (non-hydrogen) atoms. The Hall–Kier alpha value is -3.90. The van der Waals surface area contributed by atoms with Crippen molar-refractivity contribution >= 4 is 41.0 Å². The van der Waals surface area contributed by atoms with Gasteiger partial charge in [-0.1, -0.05) is 41.9 Å². The second kappa shape index (κ2) is 8.10. The maximum atomic E-state index is 13.9. The molecule has 0 aliphatic carbocycles. The fourth-order valence-corrected chi connectivity index (χ4v) is 5.84. The number of ether oxygens (including phenoxy) is 1. The number of fused-ring (bicyclic) bond motifs is 5. The molecule has 7 heteroatoms. The molecule has 0 radical (unpaired) electrons. The molecule has 6 rings (SSSR count). The number of ketones is 1. The predicted molar refractivity (Wildman–Crippen MR) is 132 cm³/mol. The van der Waals surface area contributed by atoms with E-state index in [4.69, 9.17) is 16.3 Å². The summed E-state index contributed by atoms with van der Waals surface area (Å²) < 4.78 is 5.22. The number of methoxy groups -OCH3 is 1. The van der Waals surface area contributed by atoms with Gasteiger partial charge in [0.05, 0.1) is 30.7 Å². The van der Waals surface area contributed by atoms with Gasteiger partial charge in [-0.05, 0) is 59.7 Å². The molecule has 2 saturated heterocycles. The van der Waals surface area contributed by atoms with Crippen molar-refractivity contribution in [3.63, 3.8) is 0 Å². The molecular weight excluding hydrogens is 464 g/mol. The molecule has 0 N–H and O–H groups in total. The van der Waals surface area contributed by atoms with Crippen LogP contribution in [0.3, 0.4) is 0 Å². The molecule has 2 amide bonds. The van der Waals surface area contributed by atoms with Crippen molar-refractivity contribution in [2.24, 2.45) is 11.8 Å². The Morgan fingerprint density at radius 3 is 2.40 bits per heavy atom. The lowest BCUT2D eigenvalue weighted by Crippen LogP contribution is -2.44. The van der Waals surface area contributed by atoms with E-state index in [0.717, 1.165) is 11.1 Å². The lowest BCUT2D eigenvalue weighted by atomic mass is 9.83. The minimum atomic E-state index is -0.822. The largest absolute Gasteiger partial charge is 0.497 e. The molecule has 174 valence electrons. The van der Waals surface area contributed by atoms with Gasteiger partial charge in [-0.15, -0.1) is 0 Å². The van der Waals surface area contributed by atoms with Gasteiger partial charge in [0.25, 0.3) is 0 Å². The van der Waals surface area contributed by atoms with Gasteiger partial charge in [-0.3, -0.25) is 14.4 Å². The van der Waals surface area contributed by atoms with Crippen molar-refractivity contribution in [1.29, 1.82) is 0 Å². The number of carbonyl (C=O) groups excluding carboxylic acids is 3. The van der Waals surface area contributed by atoms with Crippen molar-refractivity contribution in [3.8, 4) is 5.75 Å². The van der Waals surface area contributed by atoms with E-state index in [9.17, 15) is 14.4 Å². The molecule has 3 aliphatic rings. The van der Waals surface area contributed by atoms with E-state index in [1.165, 1.54) is 4.90 Å². The van der Waals surface area contributed by atoms with E-state index in [1.807, 2.05) is 41.4 Å². The zero-order valence-electron chi connectivity index (χ0n) is 18.8. The van der Waals surface area contributed by atoms with Crippen LogP contribution in [-0.4, -0.2) is 35.6 Å². The topological polar surface area (TPSA) is 66.9 Å². The van der Waals surface area contributed by atoms with Crippen LogP contribution >= 0.6 is 11.6 Å². The number of anilines is 1. The van der Waals surface area contributed by atoms with Crippen LogP contribution in [0.2, 0.25) is 5.02 Å². The molecule has 3 aromatic carbocycles. The van der Waals surface area contributed by atoms with Gasteiger partial charge in [0.1, 0.15) is 11.8 Å². The molecule has 0 saturated carbocycles. The highest BCUT2D eigenvalue weighted by molar-refractivity contribution is 6.31. The Kier molecular flexibility index (Phi) is 5.00. The maximum absolute atomic E-state index is 13.9. The average Bonchev–Trinajstić information content (AvgIpc) is 3.36. The standard InChI is InChI=1S/C28H21ClN2O4/c1-35-20-11-9-17(10-12-20)26(32)25-23-22(24-21-8-3-2-5-16(21)13-14-30(24)25)27(33)31(28(23)34)19-7-4-6-18(29)15-19/h2-15,22-25H,1H3/t22-,23+,24+,25-/m0/s1. The summed E-state index contributed by atoms with van der Waals surface area (Å²) in [5.41, 5.74) is 2.79. The minimum absolute atomic E-state index is 0.205. The van der Waals surface area contributed by atoms with E-state index in [-0.39, 0.29) is 17.6 Å². The van der Waals surface area contributed by atoms with Crippen molar-refractivity contribution in [1.82, 2.24) is 4.90 Å². The fourth-order valence-electron chi connectivity index (χ4n) is 5.65. The summed E-state index contributed by atoms with van der Waals surface area (Å²) in [7, 11) is 1.56. The van der Waals surface area contributed by atoms with Crippen LogP contribution < -0.4 is 9.64 Å². The molecule has 0 bridgehead atoms. The van der Waals surface area contributed by atoms with E-state index in [2.05, 4.69) is 0 Å². The first kappa shape index (κ1) is 21.6. The molecule has 0 unspecified atom stereocenters. The van der Waals surface area contributed by atoms with Crippen LogP contribution in [0.5, 0.6) is 5.75 Å². The number of imide groups is 1. The fraction of sp³-hybridized carbons (Fsp3) is 0.179. The molecule has 3 aromatic rings. The first-order chi connectivity index (χ1) is 17.0. The van der Waals surface area contributed by atoms with Gasteiger partial charge in [0.2, 0.25) is 11.8 Å². The lowest BCUT2D eigenvalue weighted by molar-refractivity contribution is -0.123. The van der Waals surface area contributed by atoms with Crippen molar-refractivity contribution in [3.05, 3.63) is 101 Å². The quantitative estimate of drug-likeness (QED) is 0.395. The highest BCUT2D eigenvalue weighted by Gasteiger charge is 2.64. The van der Waals surface area contributed by atoms with E-state index in [0.29, 0.717) is 22.0 Å². The second-order valence-corrected chi connectivity index (χ2v) is 9.35. The minimum Gasteiger partial charge on any atom is -0.497 e. The summed E-state index contributed by atoms with van der Waals surface area (Å²) in [6.07, 6.45) is 3.78. The number of nitrogens with zero attached hydrogens (tertiary/aromatic N) is 2. The third kappa shape index (κ3) is 3.21.